The third-order valence-corrected chi connectivity index (χ3v) is 7.16. The van der Waals surface area contributed by atoms with Crippen LogP contribution in [0.25, 0.3) is 0 Å². The summed E-state index contributed by atoms with van der Waals surface area (Å²) >= 11 is 0. The zero-order chi connectivity index (χ0) is 26.4. The Labute approximate surface area is 215 Å². The van der Waals surface area contributed by atoms with E-state index in [1.54, 1.807) is 6.08 Å². The summed E-state index contributed by atoms with van der Waals surface area (Å²) in [5.41, 5.74) is 1.04. The topological polar surface area (TPSA) is 97.3 Å². The number of nitrogens with one attached hydrogen (secondary N) is 3. The zero-order valence-corrected chi connectivity index (χ0v) is 20.8. The Morgan fingerprint density at radius 3 is 2.57 bits per heavy atom. The SMILES string of the molecule is CCC1=CC(N(C(=O)CCNC2CCC(C#N)(c3ccccc3)CC2)c2ccc(F)cc2F)NC(=O)N1. The standard InChI is InChI=1S/C28H31F2N5O2/c1-2-21-17-25(34-27(37)33-21)35(24-9-8-20(29)16-23(24)30)26(36)12-15-32-22-10-13-28(18-31,14-11-22)19-6-4-3-5-7-19/h3-9,16-17,22,25,32H,2,10-15H2,1H3,(H2,33,34,37). The maximum absolute atomic E-state index is 14.7. The van der Waals surface area contributed by atoms with Crippen LogP contribution in [0.1, 0.15) is 51.0 Å². The predicted molar refractivity (Wildman–Crippen MR) is 136 cm³/mol. The highest BCUT2D eigenvalue weighted by molar-refractivity contribution is 5.95. The molecule has 3 amide bonds. The van der Waals surface area contributed by atoms with Crippen LogP contribution in [0.5, 0.6) is 0 Å². The molecule has 4 rings (SSSR count). The highest BCUT2D eigenvalue weighted by Crippen LogP contribution is 2.39. The molecule has 2 aliphatic rings. The van der Waals surface area contributed by atoms with Gasteiger partial charge in [0.2, 0.25) is 5.91 Å². The molecule has 1 fully saturated rings. The first-order valence-corrected chi connectivity index (χ1v) is 12.6. The minimum absolute atomic E-state index is 0.0461. The molecular weight excluding hydrogens is 476 g/mol. The number of benzene rings is 2. The molecule has 1 heterocycles. The molecular formula is C28H31F2N5O2. The minimum atomic E-state index is -0.909. The Morgan fingerprint density at radius 1 is 1.19 bits per heavy atom. The summed E-state index contributed by atoms with van der Waals surface area (Å²) in [4.78, 5) is 26.7. The summed E-state index contributed by atoms with van der Waals surface area (Å²) in [5, 5.41) is 18.6. The molecule has 2 aromatic carbocycles. The van der Waals surface area contributed by atoms with Gasteiger partial charge in [-0.2, -0.15) is 5.26 Å². The second-order valence-electron chi connectivity index (χ2n) is 9.49. The van der Waals surface area contributed by atoms with Crippen molar-refractivity contribution in [3.63, 3.8) is 0 Å². The molecule has 194 valence electrons. The number of hydrogen-bond donors (Lipinski definition) is 3. The number of urea groups is 1. The van der Waals surface area contributed by atoms with Crippen LogP contribution in [0.3, 0.4) is 0 Å². The lowest BCUT2D eigenvalue weighted by atomic mass is 9.69. The molecule has 0 spiro atoms. The van der Waals surface area contributed by atoms with Crippen LogP contribution in [0, 0.1) is 23.0 Å². The molecule has 0 radical (unpaired) electrons. The van der Waals surface area contributed by atoms with Crippen LogP contribution in [0.15, 0.2) is 60.3 Å². The average molecular weight is 508 g/mol. The smallest absolute Gasteiger partial charge is 0.314 e. The summed E-state index contributed by atoms with van der Waals surface area (Å²) in [7, 11) is 0. The Kier molecular flexibility index (Phi) is 8.19. The van der Waals surface area contributed by atoms with Gasteiger partial charge in [0.25, 0.3) is 0 Å². The van der Waals surface area contributed by atoms with Crippen LogP contribution in [0.4, 0.5) is 19.3 Å². The zero-order valence-electron chi connectivity index (χ0n) is 20.8. The molecule has 9 heteroatoms. The monoisotopic (exact) mass is 507 g/mol. The second kappa shape index (κ2) is 11.5. The van der Waals surface area contributed by atoms with E-state index < -0.39 is 35.2 Å². The molecule has 1 atom stereocenters. The lowest BCUT2D eigenvalue weighted by Gasteiger charge is -2.36. The van der Waals surface area contributed by atoms with Crippen molar-refractivity contribution in [3.8, 4) is 6.07 Å². The van der Waals surface area contributed by atoms with Gasteiger partial charge in [-0.05, 0) is 55.9 Å². The quantitative estimate of drug-likeness (QED) is 0.486. The summed E-state index contributed by atoms with van der Waals surface area (Å²) in [5.74, 6) is -2.05. The van der Waals surface area contributed by atoms with E-state index in [1.165, 1.54) is 11.0 Å². The Morgan fingerprint density at radius 2 is 1.92 bits per heavy atom. The molecule has 0 aromatic heterocycles. The molecule has 1 saturated carbocycles. The number of carbonyl (C=O) groups excluding carboxylic acids is 2. The van der Waals surface area contributed by atoms with Crippen molar-refractivity contribution in [3.05, 3.63) is 77.5 Å². The number of nitrogens with zero attached hydrogens (tertiary/aromatic N) is 2. The van der Waals surface area contributed by atoms with E-state index in [4.69, 9.17) is 0 Å². The number of halogens is 2. The molecule has 7 nitrogen and oxygen atoms in total. The number of nitriles is 1. The fourth-order valence-electron chi connectivity index (χ4n) is 5.09. The van der Waals surface area contributed by atoms with Crippen molar-refractivity contribution in [1.82, 2.24) is 16.0 Å². The number of allylic oxidation sites excluding steroid dienone is 1. The van der Waals surface area contributed by atoms with E-state index >= 15 is 0 Å². The summed E-state index contributed by atoms with van der Waals surface area (Å²) in [6.07, 6.45) is 4.34. The molecule has 2 aromatic rings. The van der Waals surface area contributed by atoms with E-state index in [9.17, 15) is 23.6 Å². The Hall–Kier alpha value is -3.77. The van der Waals surface area contributed by atoms with Crippen molar-refractivity contribution in [2.24, 2.45) is 0 Å². The number of amides is 3. The van der Waals surface area contributed by atoms with E-state index in [1.807, 2.05) is 37.3 Å². The fraction of sp³-hybridized carbons (Fsp3) is 0.393. The van der Waals surface area contributed by atoms with Crippen LogP contribution < -0.4 is 20.9 Å². The fourth-order valence-corrected chi connectivity index (χ4v) is 5.09. The van der Waals surface area contributed by atoms with Crippen molar-refractivity contribution >= 4 is 17.6 Å². The highest BCUT2D eigenvalue weighted by atomic mass is 19.1. The third-order valence-electron chi connectivity index (χ3n) is 7.16. The van der Waals surface area contributed by atoms with Gasteiger partial charge in [0.15, 0.2) is 0 Å². The summed E-state index contributed by atoms with van der Waals surface area (Å²) in [6.45, 7) is 2.20. The molecule has 3 N–H and O–H groups in total. The van der Waals surface area contributed by atoms with Crippen molar-refractivity contribution < 1.29 is 18.4 Å². The molecule has 0 bridgehead atoms. The van der Waals surface area contributed by atoms with Crippen molar-refractivity contribution in [2.45, 2.75) is 63.1 Å². The van der Waals surface area contributed by atoms with Gasteiger partial charge >= 0.3 is 6.03 Å². The van der Waals surface area contributed by atoms with Gasteiger partial charge in [-0.15, -0.1) is 0 Å². The average Bonchev–Trinajstić information content (AvgIpc) is 2.91. The first-order valence-electron chi connectivity index (χ1n) is 12.6. The third kappa shape index (κ3) is 5.97. The van der Waals surface area contributed by atoms with Gasteiger partial charge in [0, 0.05) is 30.8 Å². The maximum atomic E-state index is 14.7. The van der Waals surface area contributed by atoms with E-state index in [2.05, 4.69) is 22.0 Å². The number of carbonyl (C=O) groups is 2. The summed E-state index contributed by atoms with van der Waals surface area (Å²) in [6, 6.07) is 15.0. The molecule has 1 aliphatic carbocycles. The van der Waals surface area contributed by atoms with Gasteiger partial charge in [-0.3, -0.25) is 9.69 Å². The van der Waals surface area contributed by atoms with Crippen LogP contribution in [0.2, 0.25) is 0 Å². The lowest BCUT2D eigenvalue weighted by Crippen LogP contribution is -2.56. The number of rotatable bonds is 8. The minimum Gasteiger partial charge on any atom is -0.314 e. The Bertz CT molecular complexity index is 1200. The molecule has 37 heavy (non-hydrogen) atoms. The van der Waals surface area contributed by atoms with Gasteiger partial charge < -0.3 is 16.0 Å². The Balaban J connectivity index is 1.42. The van der Waals surface area contributed by atoms with E-state index in [0.29, 0.717) is 18.7 Å². The van der Waals surface area contributed by atoms with E-state index in [0.717, 1.165) is 43.4 Å². The van der Waals surface area contributed by atoms with E-state index in [-0.39, 0.29) is 18.2 Å². The van der Waals surface area contributed by atoms with Crippen molar-refractivity contribution in [2.75, 3.05) is 11.4 Å². The second-order valence-corrected chi connectivity index (χ2v) is 9.49. The lowest BCUT2D eigenvalue weighted by molar-refractivity contribution is -0.119. The summed E-state index contributed by atoms with van der Waals surface area (Å²) < 4.78 is 28.3. The van der Waals surface area contributed by atoms with Gasteiger partial charge in [-0.25, -0.2) is 13.6 Å². The molecule has 0 saturated heterocycles. The van der Waals surface area contributed by atoms with Crippen LogP contribution in [-0.2, 0) is 10.2 Å². The van der Waals surface area contributed by atoms with Crippen LogP contribution in [-0.4, -0.2) is 30.7 Å². The normalized spacial score (nSPS) is 23.3. The largest absolute Gasteiger partial charge is 0.320 e. The molecule has 1 unspecified atom stereocenters. The number of anilines is 1. The van der Waals surface area contributed by atoms with Crippen molar-refractivity contribution in [1.29, 1.82) is 5.26 Å². The maximum Gasteiger partial charge on any atom is 0.320 e. The van der Waals surface area contributed by atoms with Gasteiger partial charge in [0.1, 0.15) is 17.8 Å². The first kappa shape index (κ1) is 26.3. The van der Waals surface area contributed by atoms with Gasteiger partial charge in [-0.1, -0.05) is 37.3 Å². The predicted octanol–water partition coefficient (Wildman–Crippen LogP) is 4.61. The number of hydrogen-bond acceptors (Lipinski definition) is 4. The molecule has 1 aliphatic heterocycles. The first-order chi connectivity index (χ1) is 17.8. The highest BCUT2D eigenvalue weighted by Gasteiger charge is 2.37. The van der Waals surface area contributed by atoms with Gasteiger partial charge in [0.05, 0.1) is 17.2 Å². The van der Waals surface area contributed by atoms with Crippen LogP contribution >= 0.6 is 0 Å².